The third-order valence-corrected chi connectivity index (χ3v) is 4.73. The fourth-order valence-electron chi connectivity index (χ4n) is 3.32. The molecule has 1 unspecified atom stereocenters. The number of ether oxygens (including phenoxy) is 2. The molecule has 6 nitrogen and oxygen atoms in total. The summed E-state index contributed by atoms with van der Waals surface area (Å²) in [4.78, 5) is 25.8. The lowest BCUT2D eigenvalue weighted by atomic mass is 9.97. The zero-order chi connectivity index (χ0) is 18.9. The topological polar surface area (TPSA) is 67.9 Å². The molecule has 1 aliphatic rings. The highest BCUT2D eigenvalue weighted by Crippen LogP contribution is 2.28. The zero-order valence-corrected chi connectivity index (χ0v) is 16.0. The van der Waals surface area contributed by atoms with Crippen LogP contribution in [0.15, 0.2) is 18.2 Å². The van der Waals surface area contributed by atoms with Gasteiger partial charge in [-0.05, 0) is 63.9 Å². The van der Waals surface area contributed by atoms with E-state index in [1.165, 1.54) is 13.3 Å². The number of benzene rings is 1. The number of ketones is 1. The van der Waals surface area contributed by atoms with Crippen molar-refractivity contribution in [2.75, 3.05) is 40.4 Å². The number of carbonyl (C=O) groups is 2. The van der Waals surface area contributed by atoms with Crippen LogP contribution >= 0.6 is 0 Å². The average Bonchev–Trinajstić information content (AvgIpc) is 2.65. The van der Waals surface area contributed by atoms with E-state index in [0.29, 0.717) is 42.4 Å². The lowest BCUT2D eigenvalue weighted by molar-refractivity contribution is -0.133. The minimum absolute atomic E-state index is 0.0152. The maximum absolute atomic E-state index is 12.4. The first-order chi connectivity index (χ1) is 12.5. The van der Waals surface area contributed by atoms with Gasteiger partial charge < -0.3 is 19.7 Å². The van der Waals surface area contributed by atoms with Crippen LogP contribution in [0.2, 0.25) is 0 Å². The highest BCUT2D eigenvalue weighted by Gasteiger charge is 2.22. The van der Waals surface area contributed by atoms with Gasteiger partial charge in [0.2, 0.25) is 5.91 Å². The van der Waals surface area contributed by atoms with Crippen LogP contribution in [0.25, 0.3) is 0 Å². The van der Waals surface area contributed by atoms with E-state index in [1.807, 2.05) is 11.9 Å². The normalized spacial score (nSPS) is 17.0. The van der Waals surface area contributed by atoms with Gasteiger partial charge in [0.05, 0.1) is 13.7 Å². The summed E-state index contributed by atoms with van der Waals surface area (Å²) in [5.74, 6) is 1.87. The van der Waals surface area contributed by atoms with Gasteiger partial charge >= 0.3 is 0 Å². The summed E-state index contributed by atoms with van der Waals surface area (Å²) >= 11 is 0. The molecule has 26 heavy (non-hydrogen) atoms. The van der Waals surface area contributed by atoms with Crippen LogP contribution < -0.4 is 14.8 Å². The molecule has 0 bridgehead atoms. The molecular weight excluding hydrogens is 332 g/mol. The number of Topliss-reactive ketones (excluding diaryl/α,β-unsaturated/α-hetero) is 1. The first-order valence-corrected chi connectivity index (χ1v) is 9.29. The van der Waals surface area contributed by atoms with Crippen molar-refractivity contribution < 1.29 is 19.1 Å². The van der Waals surface area contributed by atoms with Gasteiger partial charge in [-0.3, -0.25) is 9.59 Å². The lowest BCUT2D eigenvalue weighted by Gasteiger charge is -2.32. The van der Waals surface area contributed by atoms with Gasteiger partial charge in [-0.1, -0.05) is 0 Å². The van der Waals surface area contributed by atoms with Gasteiger partial charge in [-0.25, -0.2) is 0 Å². The lowest BCUT2D eigenvalue weighted by Crippen LogP contribution is -2.42. The Balaban J connectivity index is 1.78. The minimum Gasteiger partial charge on any atom is -0.493 e. The first-order valence-electron chi connectivity index (χ1n) is 9.29. The van der Waals surface area contributed by atoms with Crippen molar-refractivity contribution >= 4 is 11.7 Å². The summed E-state index contributed by atoms with van der Waals surface area (Å²) in [6.45, 7) is 4.63. The van der Waals surface area contributed by atoms with Crippen molar-refractivity contribution in [3.8, 4) is 11.5 Å². The van der Waals surface area contributed by atoms with Crippen molar-refractivity contribution in [2.45, 2.75) is 32.6 Å². The number of rotatable bonds is 9. The third kappa shape index (κ3) is 5.73. The Kier molecular flexibility index (Phi) is 7.91. The summed E-state index contributed by atoms with van der Waals surface area (Å²) in [5.41, 5.74) is 0.589. The largest absolute Gasteiger partial charge is 0.493 e. The standard InChI is InChI=1S/C20H30N2O4/c1-15(23)17-8-9-18(19(12-17)25-3)26-11-5-7-20(24)22-10-4-6-16(14-22)13-21-2/h8-9,12,16,21H,4-7,10-11,13-14H2,1-3H3. The smallest absolute Gasteiger partial charge is 0.222 e. The molecule has 0 aliphatic carbocycles. The molecule has 1 saturated heterocycles. The van der Waals surface area contributed by atoms with Crippen LogP contribution in [0, 0.1) is 5.92 Å². The molecule has 1 fully saturated rings. The van der Waals surface area contributed by atoms with E-state index in [1.54, 1.807) is 25.3 Å². The van der Waals surface area contributed by atoms with Crippen LogP contribution in [0.3, 0.4) is 0 Å². The Labute approximate surface area is 155 Å². The van der Waals surface area contributed by atoms with Crippen molar-refractivity contribution in [3.05, 3.63) is 23.8 Å². The van der Waals surface area contributed by atoms with Gasteiger partial charge in [-0.15, -0.1) is 0 Å². The summed E-state index contributed by atoms with van der Waals surface area (Å²) < 4.78 is 11.0. The maximum Gasteiger partial charge on any atom is 0.222 e. The van der Waals surface area contributed by atoms with Crippen LogP contribution in [0.1, 0.15) is 43.0 Å². The second kappa shape index (κ2) is 10.2. The van der Waals surface area contributed by atoms with Crippen molar-refractivity contribution in [2.24, 2.45) is 5.92 Å². The van der Waals surface area contributed by atoms with Gasteiger partial charge in [-0.2, -0.15) is 0 Å². The van der Waals surface area contributed by atoms with Crippen LogP contribution in [-0.2, 0) is 4.79 Å². The SMILES string of the molecule is CNCC1CCCN(C(=O)CCCOc2ccc(C(C)=O)cc2OC)C1. The van der Waals surface area contributed by atoms with E-state index in [9.17, 15) is 9.59 Å². The molecule has 1 amide bonds. The second-order valence-electron chi connectivity index (χ2n) is 6.78. The highest BCUT2D eigenvalue weighted by molar-refractivity contribution is 5.94. The number of carbonyl (C=O) groups excluding carboxylic acids is 2. The fraction of sp³-hybridized carbons (Fsp3) is 0.600. The van der Waals surface area contributed by atoms with Gasteiger partial charge in [0.25, 0.3) is 0 Å². The third-order valence-electron chi connectivity index (χ3n) is 4.73. The van der Waals surface area contributed by atoms with E-state index >= 15 is 0 Å². The van der Waals surface area contributed by atoms with Crippen LogP contribution in [0.5, 0.6) is 11.5 Å². The fourth-order valence-corrected chi connectivity index (χ4v) is 3.32. The Morgan fingerprint density at radius 1 is 1.31 bits per heavy atom. The Morgan fingerprint density at radius 3 is 2.81 bits per heavy atom. The number of nitrogens with zero attached hydrogens (tertiary/aromatic N) is 1. The Bertz CT molecular complexity index is 616. The molecule has 1 N–H and O–H groups in total. The number of piperidine rings is 1. The number of amides is 1. The maximum atomic E-state index is 12.4. The average molecular weight is 362 g/mol. The molecule has 0 radical (unpaired) electrons. The number of likely N-dealkylation sites (tertiary alicyclic amines) is 1. The summed E-state index contributed by atoms with van der Waals surface area (Å²) in [6.07, 6.45) is 3.40. The number of nitrogens with one attached hydrogen (secondary N) is 1. The summed E-state index contributed by atoms with van der Waals surface area (Å²) in [7, 11) is 3.50. The quantitative estimate of drug-likeness (QED) is 0.540. The van der Waals surface area contributed by atoms with Gasteiger partial charge in [0.1, 0.15) is 0 Å². The summed E-state index contributed by atoms with van der Waals surface area (Å²) in [6, 6.07) is 5.14. The molecule has 144 valence electrons. The monoisotopic (exact) mass is 362 g/mol. The molecule has 6 heteroatoms. The number of hydrogen-bond acceptors (Lipinski definition) is 5. The minimum atomic E-state index is -0.0152. The van der Waals surface area contributed by atoms with E-state index in [2.05, 4.69) is 5.32 Å². The summed E-state index contributed by atoms with van der Waals surface area (Å²) in [5, 5.41) is 3.20. The number of hydrogen-bond donors (Lipinski definition) is 1. The van der Waals surface area contributed by atoms with Gasteiger partial charge in [0, 0.05) is 25.1 Å². The molecule has 0 aromatic heterocycles. The predicted octanol–water partition coefficient (Wildman–Crippen LogP) is 2.51. The van der Waals surface area contributed by atoms with E-state index < -0.39 is 0 Å². The molecule has 1 aromatic rings. The zero-order valence-electron chi connectivity index (χ0n) is 16.0. The Hall–Kier alpha value is -2.08. The van der Waals surface area contributed by atoms with Crippen molar-refractivity contribution in [3.63, 3.8) is 0 Å². The van der Waals surface area contributed by atoms with E-state index in [-0.39, 0.29) is 11.7 Å². The molecule has 0 spiro atoms. The molecule has 1 aromatic carbocycles. The molecule has 1 aliphatic heterocycles. The Morgan fingerprint density at radius 2 is 2.12 bits per heavy atom. The molecule has 0 saturated carbocycles. The van der Waals surface area contributed by atoms with Crippen LogP contribution in [-0.4, -0.2) is 57.0 Å². The first kappa shape index (κ1) is 20.2. The molecule has 1 atom stereocenters. The highest BCUT2D eigenvalue weighted by atomic mass is 16.5. The molecular formula is C20H30N2O4. The predicted molar refractivity (Wildman–Crippen MR) is 101 cm³/mol. The molecule has 2 rings (SSSR count). The van der Waals surface area contributed by atoms with Crippen molar-refractivity contribution in [1.29, 1.82) is 0 Å². The van der Waals surface area contributed by atoms with Crippen molar-refractivity contribution in [1.82, 2.24) is 10.2 Å². The number of methoxy groups -OCH3 is 1. The van der Waals surface area contributed by atoms with Crippen LogP contribution in [0.4, 0.5) is 0 Å². The van der Waals surface area contributed by atoms with Gasteiger partial charge in [0.15, 0.2) is 17.3 Å². The molecule has 1 heterocycles. The van der Waals surface area contributed by atoms with E-state index in [4.69, 9.17) is 9.47 Å². The van der Waals surface area contributed by atoms with E-state index in [0.717, 1.165) is 26.1 Å². The second-order valence-corrected chi connectivity index (χ2v) is 6.78.